The first-order valence-corrected chi connectivity index (χ1v) is 15.7. The van der Waals surface area contributed by atoms with Gasteiger partial charge in [0.15, 0.2) is 11.5 Å². The zero-order valence-corrected chi connectivity index (χ0v) is 25.9. The van der Waals surface area contributed by atoms with Gasteiger partial charge in [0.2, 0.25) is 13.3 Å². The highest BCUT2D eigenvalue weighted by Crippen LogP contribution is 2.61. The summed E-state index contributed by atoms with van der Waals surface area (Å²) in [5.41, 5.74) is 6.25. The Morgan fingerprint density at radius 1 is 0.976 bits per heavy atom. The van der Waals surface area contributed by atoms with Crippen LogP contribution >= 0.6 is 7.43 Å². The number of ether oxygens (including phenoxy) is 3. The quantitative estimate of drug-likeness (QED) is 0.322. The van der Waals surface area contributed by atoms with Crippen molar-refractivity contribution in [1.82, 2.24) is 4.67 Å². The molecule has 3 aromatic carbocycles. The molecule has 0 amide bonds. The van der Waals surface area contributed by atoms with E-state index in [9.17, 15) is 0 Å². The Bertz CT molecular complexity index is 1560. The number of nitrogens with zero attached hydrogens (tertiary/aromatic N) is 4. The fourth-order valence-electron chi connectivity index (χ4n) is 5.94. The van der Waals surface area contributed by atoms with Gasteiger partial charge in [-0.1, -0.05) is 31.5 Å². The van der Waals surface area contributed by atoms with Crippen molar-refractivity contribution in [1.29, 1.82) is 0 Å². The van der Waals surface area contributed by atoms with E-state index in [0.29, 0.717) is 36.7 Å². The molecule has 2 atom stereocenters. The van der Waals surface area contributed by atoms with Crippen LogP contribution in [0.1, 0.15) is 37.5 Å². The number of methoxy groups -OCH3 is 2. The van der Waals surface area contributed by atoms with Crippen molar-refractivity contribution in [3.05, 3.63) is 71.3 Å². The van der Waals surface area contributed by atoms with Gasteiger partial charge in [-0.15, -0.1) is 0 Å². The van der Waals surface area contributed by atoms with Gasteiger partial charge in [-0.25, -0.2) is 14.4 Å². The van der Waals surface area contributed by atoms with E-state index in [4.69, 9.17) is 28.5 Å². The molecular formula is C32H39N4O4P. The van der Waals surface area contributed by atoms with Crippen LogP contribution in [-0.4, -0.2) is 64.2 Å². The van der Waals surface area contributed by atoms with Crippen LogP contribution in [0.3, 0.4) is 0 Å². The van der Waals surface area contributed by atoms with Gasteiger partial charge in [-0.05, 0) is 61.9 Å². The maximum atomic E-state index is 7.17. The van der Waals surface area contributed by atoms with E-state index in [-0.39, 0.29) is 5.41 Å². The highest BCUT2D eigenvalue weighted by molar-refractivity contribution is 7.68. The minimum Gasteiger partial charge on any atom is -0.493 e. The number of aliphatic imine (C=N–C) groups is 1. The average molecular weight is 575 g/mol. The van der Waals surface area contributed by atoms with Gasteiger partial charge in [-0.3, -0.25) is 0 Å². The molecule has 0 bridgehead atoms. The van der Waals surface area contributed by atoms with Crippen LogP contribution in [0.5, 0.6) is 11.5 Å². The van der Waals surface area contributed by atoms with Gasteiger partial charge in [0.1, 0.15) is 0 Å². The fourth-order valence-corrected chi connectivity index (χ4v) is 8.98. The number of fused-ring (bicyclic) bond motifs is 2. The normalized spacial score (nSPS) is 23.2. The van der Waals surface area contributed by atoms with Crippen LogP contribution in [0.2, 0.25) is 0 Å². The smallest absolute Gasteiger partial charge is 0.242 e. The average Bonchev–Trinajstić information content (AvgIpc) is 3.16. The first-order chi connectivity index (χ1) is 19.7. The minimum atomic E-state index is -2.83. The van der Waals surface area contributed by atoms with E-state index in [2.05, 4.69) is 80.7 Å². The van der Waals surface area contributed by atoms with Crippen molar-refractivity contribution in [2.24, 2.45) is 9.74 Å². The van der Waals surface area contributed by atoms with Crippen molar-refractivity contribution in [2.75, 3.05) is 52.5 Å². The Morgan fingerprint density at radius 3 is 2.37 bits per heavy atom. The molecule has 41 heavy (non-hydrogen) atoms. The predicted octanol–water partition coefficient (Wildman–Crippen LogP) is 6.56. The molecule has 0 spiro atoms. The number of anilines is 1. The topological polar surface area (TPSA) is 68.1 Å². The van der Waals surface area contributed by atoms with Crippen LogP contribution in [-0.2, 0) is 14.7 Å². The monoisotopic (exact) mass is 574 g/mol. The van der Waals surface area contributed by atoms with Crippen molar-refractivity contribution in [3.63, 3.8) is 0 Å². The summed E-state index contributed by atoms with van der Waals surface area (Å²) in [6, 6.07) is 19.0. The molecule has 0 N–H and O–H groups in total. The van der Waals surface area contributed by atoms with E-state index >= 15 is 0 Å². The number of rotatable bonds is 5. The molecule has 216 valence electrons. The lowest BCUT2D eigenvalue weighted by molar-refractivity contribution is 0.0716. The highest BCUT2D eigenvalue weighted by atomic mass is 31.2. The Hall–Kier alpha value is -3.32. The molecule has 6 rings (SSSR count). The van der Waals surface area contributed by atoms with Crippen LogP contribution < -0.4 is 19.7 Å². The SMILES string of the molecule is COc1ccc(C2=Nc3cc4c(cc3[P@](=Nc3ccc(C)cc3)(N3CCOCC3)O2)C(C)(C)[C@@H](C)N4C)cc1OC. The molecule has 0 radical (unpaired) electrons. The summed E-state index contributed by atoms with van der Waals surface area (Å²) in [7, 11) is 2.62. The standard InChI is InChI=1S/C32H39N4O4P/c1-21-8-11-24(12-9-21)34-41(36-14-16-39-17-15-36)30-19-25-27(35(5)22(2)32(25,3)4)20-26(30)33-31(40-41)23-10-13-28(37-6)29(18-23)38-7/h8-13,18-20,22H,14-17H2,1-7H3/t22-,41+/m1/s1. The van der Waals surface area contributed by atoms with Crippen molar-refractivity contribution >= 4 is 35.7 Å². The number of morpholine rings is 1. The van der Waals surface area contributed by atoms with E-state index < -0.39 is 7.43 Å². The number of hydrogen-bond acceptors (Lipinski definition) is 7. The van der Waals surface area contributed by atoms with E-state index in [1.165, 1.54) is 16.8 Å². The highest BCUT2D eigenvalue weighted by Gasteiger charge is 2.46. The molecule has 1 fully saturated rings. The third-order valence-corrected chi connectivity index (χ3v) is 11.9. The molecule has 9 heteroatoms. The number of benzene rings is 3. The molecule has 1 saturated heterocycles. The summed E-state index contributed by atoms with van der Waals surface area (Å²) in [5, 5.41) is 1.05. The fraction of sp³-hybridized carbons (Fsp3) is 0.406. The first-order valence-electron chi connectivity index (χ1n) is 14.1. The summed E-state index contributed by atoms with van der Waals surface area (Å²) < 4.78 is 32.0. The Labute approximate surface area is 243 Å². The van der Waals surface area contributed by atoms with Gasteiger partial charge in [0, 0.05) is 42.8 Å². The summed E-state index contributed by atoms with van der Waals surface area (Å²) >= 11 is 0. The lowest BCUT2D eigenvalue weighted by atomic mass is 9.81. The third-order valence-electron chi connectivity index (χ3n) is 8.83. The molecule has 8 nitrogen and oxygen atoms in total. The molecule has 0 saturated carbocycles. The van der Waals surface area contributed by atoms with Gasteiger partial charge in [0.05, 0.1) is 44.1 Å². The Morgan fingerprint density at radius 2 is 1.68 bits per heavy atom. The van der Waals surface area contributed by atoms with Crippen LogP contribution in [0.4, 0.5) is 17.1 Å². The molecule has 3 aliphatic heterocycles. The first kappa shape index (κ1) is 27.8. The number of aryl methyl sites for hydroxylation is 1. The van der Waals surface area contributed by atoms with E-state index in [1.807, 2.05) is 18.2 Å². The lowest BCUT2D eigenvalue weighted by Crippen LogP contribution is -2.39. The molecule has 0 aromatic heterocycles. The largest absolute Gasteiger partial charge is 0.493 e. The van der Waals surface area contributed by atoms with Crippen molar-refractivity contribution in [2.45, 2.75) is 39.2 Å². The van der Waals surface area contributed by atoms with Crippen molar-refractivity contribution < 1.29 is 18.7 Å². The molecule has 0 aliphatic carbocycles. The molecule has 0 unspecified atom stereocenters. The van der Waals surface area contributed by atoms with Gasteiger partial charge in [0.25, 0.3) is 0 Å². The van der Waals surface area contributed by atoms with Crippen molar-refractivity contribution in [3.8, 4) is 11.5 Å². The van der Waals surface area contributed by atoms with Gasteiger partial charge in [-0.2, -0.15) is 0 Å². The number of hydrogen-bond donors (Lipinski definition) is 0. The maximum Gasteiger partial charge on any atom is 0.242 e. The van der Waals surface area contributed by atoms with Crippen LogP contribution in [0.25, 0.3) is 0 Å². The van der Waals surface area contributed by atoms with E-state index in [1.54, 1.807) is 14.2 Å². The van der Waals surface area contributed by atoms with Gasteiger partial charge >= 0.3 is 0 Å². The Kier molecular flexibility index (Phi) is 7.13. The Balaban J connectivity index is 1.65. The summed E-state index contributed by atoms with van der Waals surface area (Å²) in [6.07, 6.45) is 0. The number of likely N-dealkylation sites (N-methyl/N-ethyl adjacent to an activating group) is 1. The summed E-state index contributed by atoms with van der Waals surface area (Å²) in [6.45, 7) is 11.7. The summed E-state index contributed by atoms with van der Waals surface area (Å²) in [5.74, 6) is 1.81. The minimum absolute atomic E-state index is 0.0447. The molecule has 3 heterocycles. The maximum absolute atomic E-state index is 7.17. The van der Waals surface area contributed by atoms with Crippen LogP contribution in [0.15, 0.2) is 64.3 Å². The zero-order chi connectivity index (χ0) is 28.9. The van der Waals surface area contributed by atoms with E-state index in [0.717, 1.165) is 35.3 Å². The van der Waals surface area contributed by atoms with Crippen LogP contribution in [0, 0.1) is 6.92 Å². The second kappa shape index (κ2) is 10.5. The lowest BCUT2D eigenvalue weighted by Gasteiger charge is -2.41. The summed E-state index contributed by atoms with van der Waals surface area (Å²) in [4.78, 5) is 7.52. The van der Waals surface area contributed by atoms with Gasteiger partial charge < -0.3 is 23.6 Å². The third kappa shape index (κ3) is 4.62. The predicted molar refractivity (Wildman–Crippen MR) is 166 cm³/mol. The molecular weight excluding hydrogens is 535 g/mol. The zero-order valence-electron chi connectivity index (χ0n) is 25.0. The second-order valence-corrected chi connectivity index (χ2v) is 14.0. The molecule has 3 aromatic rings. The second-order valence-electron chi connectivity index (χ2n) is 11.5. The molecule has 3 aliphatic rings.